The zero-order valence-corrected chi connectivity index (χ0v) is 9.24. The minimum Gasteiger partial charge on any atom is -0.382 e. The van der Waals surface area contributed by atoms with Crippen LogP contribution in [0.4, 0.5) is 0 Å². The maximum Gasteiger partial charge on any atom is 0.0943 e. The highest BCUT2D eigenvalue weighted by Crippen LogP contribution is 2.18. The summed E-state index contributed by atoms with van der Waals surface area (Å²) in [7, 11) is -0.753. The monoisotopic (exact) mass is 184 g/mol. The van der Waals surface area contributed by atoms with Gasteiger partial charge in [0.25, 0.3) is 0 Å². The molecule has 0 radical (unpaired) electrons. The normalized spacial score (nSPS) is 26.6. The molecule has 1 saturated heterocycles. The molecule has 0 aromatic carbocycles. The van der Waals surface area contributed by atoms with Crippen LogP contribution in [0, 0.1) is 0 Å². The molecule has 12 heavy (non-hydrogen) atoms. The van der Waals surface area contributed by atoms with Gasteiger partial charge in [-0.25, -0.2) is 0 Å². The SMILES string of the molecule is C=C[SiH](CCC)C1CCCCO1. The Labute approximate surface area is 77.4 Å². The topological polar surface area (TPSA) is 9.23 Å². The summed E-state index contributed by atoms with van der Waals surface area (Å²) in [6, 6.07) is 1.37. The van der Waals surface area contributed by atoms with Gasteiger partial charge in [0, 0.05) is 12.3 Å². The maximum atomic E-state index is 5.77. The quantitative estimate of drug-likeness (QED) is 0.610. The maximum absolute atomic E-state index is 5.77. The summed E-state index contributed by atoms with van der Waals surface area (Å²) in [5.41, 5.74) is 2.82. The van der Waals surface area contributed by atoms with Gasteiger partial charge in [0.2, 0.25) is 0 Å². The molecular formula is C10H20OSi. The first-order chi connectivity index (χ1) is 5.88. The number of ether oxygens (including phenoxy) is 1. The number of hydrogen-bond acceptors (Lipinski definition) is 1. The molecule has 1 nitrogen and oxygen atoms in total. The van der Waals surface area contributed by atoms with Crippen molar-refractivity contribution in [2.24, 2.45) is 0 Å². The van der Waals surface area contributed by atoms with Crippen LogP contribution < -0.4 is 0 Å². The summed E-state index contributed by atoms with van der Waals surface area (Å²) in [6.07, 6.45) is 5.22. The lowest BCUT2D eigenvalue weighted by molar-refractivity contribution is 0.0631. The first kappa shape index (κ1) is 10.0. The van der Waals surface area contributed by atoms with Gasteiger partial charge in [0.15, 0.2) is 0 Å². The Morgan fingerprint density at radius 2 is 2.42 bits per heavy atom. The van der Waals surface area contributed by atoms with Gasteiger partial charge in [-0.3, -0.25) is 0 Å². The van der Waals surface area contributed by atoms with Crippen LogP contribution in [0.5, 0.6) is 0 Å². The smallest absolute Gasteiger partial charge is 0.0943 e. The fourth-order valence-electron chi connectivity index (χ4n) is 1.89. The van der Waals surface area contributed by atoms with Crippen LogP contribution in [0.15, 0.2) is 12.3 Å². The van der Waals surface area contributed by atoms with E-state index in [2.05, 4.69) is 19.2 Å². The third-order valence-corrected chi connectivity index (χ3v) is 5.95. The van der Waals surface area contributed by atoms with Crippen LogP contribution in [0.2, 0.25) is 6.04 Å². The molecule has 1 aliphatic heterocycles. The van der Waals surface area contributed by atoms with Crippen molar-refractivity contribution in [3.05, 3.63) is 12.3 Å². The van der Waals surface area contributed by atoms with Crippen molar-refractivity contribution in [1.29, 1.82) is 0 Å². The van der Waals surface area contributed by atoms with Crippen molar-refractivity contribution in [3.8, 4) is 0 Å². The largest absolute Gasteiger partial charge is 0.382 e. The lowest BCUT2D eigenvalue weighted by atomic mass is 10.2. The minimum atomic E-state index is -0.753. The van der Waals surface area contributed by atoms with Crippen molar-refractivity contribution < 1.29 is 4.74 Å². The van der Waals surface area contributed by atoms with Gasteiger partial charge < -0.3 is 4.74 Å². The Hall–Kier alpha value is -0.0831. The van der Waals surface area contributed by atoms with E-state index in [1.54, 1.807) is 0 Å². The highest BCUT2D eigenvalue weighted by Gasteiger charge is 2.22. The summed E-state index contributed by atoms with van der Waals surface area (Å²) < 4.78 is 5.77. The Kier molecular flexibility index (Phi) is 4.62. The van der Waals surface area contributed by atoms with E-state index < -0.39 is 8.80 Å². The van der Waals surface area contributed by atoms with Crippen molar-refractivity contribution in [2.75, 3.05) is 6.61 Å². The first-order valence-corrected chi connectivity index (χ1v) is 7.27. The second kappa shape index (κ2) is 5.54. The molecule has 2 heteroatoms. The lowest BCUT2D eigenvalue weighted by Gasteiger charge is -2.27. The standard InChI is InChI=1S/C10H20OSi/c1-3-9-12(4-2)10-7-5-6-8-11-10/h4,10,12H,2-3,5-9H2,1H3. The molecule has 1 heterocycles. The van der Waals surface area contributed by atoms with Gasteiger partial charge in [0.05, 0.1) is 8.80 Å². The van der Waals surface area contributed by atoms with Crippen LogP contribution in [0.25, 0.3) is 0 Å². The predicted octanol–water partition coefficient (Wildman–Crippen LogP) is 2.46. The minimum absolute atomic E-state index is 0.608. The Morgan fingerprint density at radius 1 is 1.58 bits per heavy atom. The van der Waals surface area contributed by atoms with Gasteiger partial charge >= 0.3 is 0 Å². The molecule has 0 spiro atoms. The molecule has 70 valence electrons. The van der Waals surface area contributed by atoms with Crippen molar-refractivity contribution in [2.45, 2.75) is 44.4 Å². The molecule has 0 aliphatic carbocycles. The zero-order valence-electron chi connectivity index (χ0n) is 8.09. The van der Waals surface area contributed by atoms with Crippen molar-refractivity contribution in [1.82, 2.24) is 0 Å². The summed E-state index contributed by atoms with van der Waals surface area (Å²) in [6.45, 7) is 7.18. The highest BCUT2D eigenvalue weighted by atomic mass is 28.3. The summed E-state index contributed by atoms with van der Waals surface area (Å²) >= 11 is 0. The summed E-state index contributed by atoms with van der Waals surface area (Å²) in [5, 5.41) is 0. The van der Waals surface area contributed by atoms with Crippen LogP contribution >= 0.6 is 0 Å². The summed E-state index contributed by atoms with van der Waals surface area (Å²) in [4.78, 5) is 0. The van der Waals surface area contributed by atoms with Crippen molar-refractivity contribution in [3.63, 3.8) is 0 Å². The molecule has 2 atom stereocenters. The third kappa shape index (κ3) is 2.76. The molecule has 0 N–H and O–H groups in total. The fraction of sp³-hybridized carbons (Fsp3) is 0.800. The number of hydrogen-bond donors (Lipinski definition) is 0. The third-order valence-electron chi connectivity index (χ3n) is 2.62. The zero-order chi connectivity index (χ0) is 8.81. The second-order valence-electron chi connectivity index (χ2n) is 3.59. The van der Waals surface area contributed by atoms with E-state index in [4.69, 9.17) is 4.74 Å². The second-order valence-corrected chi connectivity index (χ2v) is 6.71. The van der Waals surface area contributed by atoms with Gasteiger partial charge in [0.1, 0.15) is 0 Å². The summed E-state index contributed by atoms with van der Waals surface area (Å²) in [5.74, 6) is 0. The van der Waals surface area contributed by atoms with Crippen LogP contribution in [-0.2, 0) is 4.74 Å². The Bertz CT molecular complexity index is 130. The van der Waals surface area contributed by atoms with E-state index in [1.165, 1.54) is 31.7 Å². The van der Waals surface area contributed by atoms with Gasteiger partial charge in [-0.15, -0.1) is 12.3 Å². The van der Waals surface area contributed by atoms with E-state index in [0.717, 1.165) is 6.61 Å². The van der Waals surface area contributed by atoms with Gasteiger partial charge in [-0.1, -0.05) is 19.4 Å². The molecule has 0 saturated carbocycles. The fourth-order valence-corrected chi connectivity index (χ4v) is 4.52. The van der Waals surface area contributed by atoms with E-state index in [1.807, 2.05) is 0 Å². The predicted molar refractivity (Wildman–Crippen MR) is 56.0 cm³/mol. The van der Waals surface area contributed by atoms with Gasteiger partial charge in [-0.05, 0) is 19.3 Å². The molecule has 2 unspecified atom stereocenters. The van der Waals surface area contributed by atoms with Crippen LogP contribution in [0.1, 0.15) is 32.6 Å². The molecule has 1 fully saturated rings. The van der Waals surface area contributed by atoms with E-state index in [0.29, 0.717) is 5.73 Å². The molecule has 0 aromatic rings. The Balaban J connectivity index is 2.34. The molecule has 0 bridgehead atoms. The average molecular weight is 184 g/mol. The van der Waals surface area contributed by atoms with E-state index in [9.17, 15) is 0 Å². The molecular weight excluding hydrogens is 164 g/mol. The highest BCUT2D eigenvalue weighted by molar-refractivity contribution is 6.65. The van der Waals surface area contributed by atoms with E-state index >= 15 is 0 Å². The van der Waals surface area contributed by atoms with E-state index in [-0.39, 0.29) is 0 Å². The molecule has 0 aromatic heterocycles. The molecule has 1 rings (SSSR count). The first-order valence-electron chi connectivity index (χ1n) is 5.12. The molecule has 1 aliphatic rings. The number of rotatable bonds is 4. The van der Waals surface area contributed by atoms with Crippen LogP contribution in [0.3, 0.4) is 0 Å². The van der Waals surface area contributed by atoms with Crippen molar-refractivity contribution >= 4 is 8.80 Å². The van der Waals surface area contributed by atoms with Crippen LogP contribution in [-0.4, -0.2) is 21.1 Å². The molecule has 0 amide bonds. The Morgan fingerprint density at radius 3 is 2.92 bits per heavy atom. The lowest BCUT2D eigenvalue weighted by Crippen LogP contribution is -2.34. The van der Waals surface area contributed by atoms with Gasteiger partial charge in [-0.2, -0.15) is 0 Å². The average Bonchev–Trinajstić information content (AvgIpc) is 2.15.